The Bertz CT molecular complexity index is 2800. The molecule has 1 aliphatic rings. The molecule has 0 saturated heterocycles. The van der Waals surface area contributed by atoms with Gasteiger partial charge in [-0.1, -0.05) is 117 Å². The van der Waals surface area contributed by atoms with Crippen molar-refractivity contribution in [2.24, 2.45) is 0 Å². The highest BCUT2D eigenvalue weighted by molar-refractivity contribution is 5.92. The summed E-state index contributed by atoms with van der Waals surface area (Å²) in [7, 11) is 0. The van der Waals surface area contributed by atoms with E-state index in [4.69, 9.17) is 16.5 Å². The molecule has 0 saturated carbocycles. The molecule has 278 valence electrons. The van der Waals surface area contributed by atoms with Crippen LogP contribution in [0.4, 0.5) is 5.69 Å². The van der Waals surface area contributed by atoms with Gasteiger partial charge in [0.15, 0.2) is 11.5 Å². The zero-order valence-electron chi connectivity index (χ0n) is 32.6. The van der Waals surface area contributed by atoms with Gasteiger partial charge in [-0.15, -0.1) is 0 Å². The summed E-state index contributed by atoms with van der Waals surface area (Å²) in [6.45, 7) is 12.5. The predicted octanol–water partition coefficient (Wildman–Crippen LogP) is 13.8. The number of hydrogen-bond acceptors (Lipinski definition) is 4. The second kappa shape index (κ2) is 14.6. The predicted molar refractivity (Wildman–Crippen MR) is 239 cm³/mol. The number of benzene rings is 6. The van der Waals surface area contributed by atoms with Crippen LogP contribution in [0.25, 0.3) is 94.4 Å². The van der Waals surface area contributed by atoms with Gasteiger partial charge in [-0.25, -0.2) is 14.8 Å². The fourth-order valence-corrected chi connectivity index (χ4v) is 8.41. The lowest BCUT2D eigenvalue weighted by atomic mass is 9.81. The van der Waals surface area contributed by atoms with Crippen LogP contribution in [0.5, 0.6) is 0 Å². The summed E-state index contributed by atoms with van der Waals surface area (Å²) >= 11 is 0. The molecule has 0 N–H and O–H groups in total. The van der Waals surface area contributed by atoms with Gasteiger partial charge < -0.3 is 0 Å². The van der Waals surface area contributed by atoms with E-state index in [-0.39, 0.29) is 5.41 Å². The van der Waals surface area contributed by atoms with E-state index in [2.05, 4.69) is 132 Å². The highest BCUT2D eigenvalue weighted by atomic mass is 14.9. The molecular weight excluding hydrogens is 719 g/mol. The monoisotopic (exact) mass is 755 g/mol. The van der Waals surface area contributed by atoms with Gasteiger partial charge >= 0.3 is 0 Å². The lowest BCUT2D eigenvalue weighted by molar-refractivity contribution is 0.661. The van der Waals surface area contributed by atoms with Crippen LogP contribution in [0.3, 0.4) is 0 Å². The molecule has 1 aliphatic carbocycles. The second-order valence-electron chi connectivity index (χ2n) is 15.5. The van der Waals surface area contributed by atoms with Gasteiger partial charge in [-0.05, 0) is 116 Å². The third kappa shape index (κ3) is 6.57. The summed E-state index contributed by atoms with van der Waals surface area (Å²) < 4.78 is 0. The Morgan fingerprint density at radius 2 is 0.949 bits per heavy atom. The highest BCUT2D eigenvalue weighted by Gasteiger charge is 2.36. The summed E-state index contributed by atoms with van der Waals surface area (Å²) in [5.41, 5.74) is 18.1. The molecule has 0 aliphatic heterocycles. The summed E-state index contributed by atoms with van der Waals surface area (Å²) in [5, 5.41) is 0. The third-order valence-corrected chi connectivity index (χ3v) is 11.4. The molecule has 3 aromatic heterocycles. The smallest absolute Gasteiger partial charge is 0.195 e. The molecule has 3 heterocycles. The van der Waals surface area contributed by atoms with Gasteiger partial charge in [0.1, 0.15) is 0 Å². The van der Waals surface area contributed by atoms with Crippen LogP contribution < -0.4 is 0 Å². The summed E-state index contributed by atoms with van der Waals surface area (Å²) in [6, 6.07) is 57.1. The van der Waals surface area contributed by atoms with Crippen LogP contribution >= 0.6 is 0 Å². The van der Waals surface area contributed by atoms with Gasteiger partial charge in [0.05, 0.1) is 18.0 Å². The number of aromatic nitrogens is 4. The Labute approximate surface area is 344 Å². The van der Waals surface area contributed by atoms with Gasteiger partial charge in [0.25, 0.3) is 0 Å². The Morgan fingerprint density at radius 1 is 0.424 bits per heavy atom. The van der Waals surface area contributed by atoms with E-state index in [0.29, 0.717) is 11.5 Å². The Morgan fingerprint density at radius 3 is 1.53 bits per heavy atom. The minimum atomic E-state index is -0.277. The molecule has 59 heavy (non-hydrogen) atoms. The molecule has 9 aromatic rings. The van der Waals surface area contributed by atoms with E-state index in [1.807, 2.05) is 73.1 Å². The van der Waals surface area contributed by atoms with Crippen molar-refractivity contribution in [2.45, 2.75) is 19.3 Å². The fourth-order valence-electron chi connectivity index (χ4n) is 8.41. The van der Waals surface area contributed by atoms with Crippen molar-refractivity contribution in [1.29, 1.82) is 0 Å². The van der Waals surface area contributed by atoms with Crippen molar-refractivity contribution in [1.82, 2.24) is 19.9 Å². The Kier molecular flexibility index (Phi) is 8.81. The van der Waals surface area contributed by atoms with E-state index >= 15 is 0 Å². The molecule has 0 bridgehead atoms. The van der Waals surface area contributed by atoms with Crippen LogP contribution in [0, 0.1) is 6.57 Å². The van der Waals surface area contributed by atoms with Crippen molar-refractivity contribution in [3.05, 3.63) is 211 Å². The maximum atomic E-state index is 7.96. The molecule has 0 amide bonds. The van der Waals surface area contributed by atoms with Gasteiger partial charge in [0.2, 0.25) is 0 Å². The summed E-state index contributed by atoms with van der Waals surface area (Å²) in [6.07, 6.45) is 7.43. The maximum Gasteiger partial charge on any atom is 0.195 e. The van der Waals surface area contributed by atoms with Crippen molar-refractivity contribution in [3.63, 3.8) is 0 Å². The standard InChI is InChI=1S/C54H37N5/c1-54(2)47-19-10-20-49(55-3)52(47)46-22-21-37(31-48(46)54)40-25-44(43-27-41(38-17-11-23-56-33-38)26-42(28-43)39-18-12-24-57-34-39)30-45(29-40)51-32-50(35-13-6-4-7-14-35)58-53(59-51)36-15-8-5-9-16-36/h4-34H,1-2H3. The summed E-state index contributed by atoms with van der Waals surface area (Å²) in [5.74, 6) is 0.666. The van der Waals surface area contributed by atoms with Gasteiger partial charge in [-0.2, -0.15) is 0 Å². The number of hydrogen-bond donors (Lipinski definition) is 0. The molecule has 0 fully saturated rings. The van der Waals surface area contributed by atoms with Crippen LogP contribution in [0.15, 0.2) is 189 Å². The molecule has 0 radical (unpaired) electrons. The van der Waals surface area contributed by atoms with Gasteiger partial charge in [0, 0.05) is 58.0 Å². The van der Waals surface area contributed by atoms with Crippen molar-refractivity contribution in [2.75, 3.05) is 0 Å². The Hall–Kier alpha value is -7.81. The molecule has 6 aromatic carbocycles. The lowest BCUT2D eigenvalue weighted by Crippen LogP contribution is -2.14. The van der Waals surface area contributed by atoms with E-state index in [9.17, 15) is 0 Å². The first-order valence-electron chi connectivity index (χ1n) is 19.7. The minimum absolute atomic E-state index is 0.277. The minimum Gasteiger partial charge on any atom is -0.264 e. The Balaban J connectivity index is 1.22. The summed E-state index contributed by atoms with van der Waals surface area (Å²) in [4.78, 5) is 23.2. The lowest BCUT2D eigenvalue weighted by Gasteiger charge is -2.22. The quantitative estimate of drug-likeness (QED) is 0.152. The highest BCUT2D eigenvalue weighted by Crippen LogP contribution is 2.53. The fraction of sp³-hybridized carbons (Fsp3) is 0.0556. The van der Waals surface area contributed by atoms with Crippen molar-refractivity contribution >= 4 is 5.69 Å². The number of fused-ring (bicyclic) bond motifs is 3. The molecular formula is C54H37N5. The van der Waals surface area contributed by atoms with Crippen LogP contribution in [0.2, 0.25) is 0 Å². The molecule has 5 heteroatoms. The zero-order valence-corrected chi connectivity index (χ0v) is 32.6. The molecule has 0 atom stereocenters. The number of rotatable bonds is 7. The van der Waals surface area contributed by atoms with E-state index in [1.165, 1.54) is 11.1 Å². The molecule has 10 rings (SSSR count). The van der Waals surface area contributed by atoms with E-state index in [0.717, 1.165) is 83.7 Å². The number of pyridine rings is 2. The largest absolute Gasteiger partial charge is 0.264 e. The zero-order chi connectivity index (χ0) is 39.9. The second-order valence-corrected chi connectivity index (χ2v) is 15.5. The molecule has 0 spiro atoms. The maximum absolute atomic E-state index is 7.96. The average Bonchev–Trinajstić information content (AvgIpc) is 3.55. The first-order chi connectivity index (χ1) is 28.9. The van der Waals surface area contributed by atoms with Gasteiger partial charge in [-0.3, -0.25) is 9.97 Å². The molecule has 0 unspecified atom stereocenters. The van der Waals surface area contributed by atoms with E-state index in [1.54, 1.807) is 12.4 Å². The third-order valence-electron chi connectivity index (χ3n) is 11.4. The van der Waals surface area contributed by atoms with Crippen LogP contribution in [0.1, 0.15) is 25.0 Å². The topological polar surface area (TPSA) is 55.9 Å². The van der Waals surface area contributed by atoms with Crippen LogP contribution in [-0.4, -0.2) is 19.9 Å². The SMILES string of the molecule is [C-]#[N+]c1cccc2c1-c1ccc(-c3cc(-c4cc(-c5cccnc5)cc(-c5cccnc5)c4)cc(-c4cc(-c5ccccc5)nc(-c5ccccc5)n4)c3)cc1C2(C)C. The number of nitrogens with zero attached hydrogens (tertiary/aromatic N) is 5. The molecule has 5 nitrogen and oxygen atoms in total. The van der Waals surface area contributed by atoms with Crippen molar-refractivity contribution in [3.8, 4) is 89.5 Å². The normalized spacial score (nSPS) is 12.4. The van der Waals surface area contributed by atoms with E-state index < -0.39 is 0 Å². The first-order valence-corrected chi connectivity index (χ1v) is 19.7. The van der Waals surface area contributed by atoms with Crippen molar-refractivity contribution < 1.29 is 0 Å². The average molecular weight is 756 g/mol. The first kappa shape index (κ1) is 35.6. The van der Waals surface area contributed by atoms with Crippen LogP contribution in [-0.2, 0) is 5.41 Å².